The first-order chi connectivity index (χ1) is 18.6. The third kappa shape index (κ3) is 3.60. The van der Waals surface area contributed by atoms with Gasteiger partial charge in [-0.15, -0.1) is 0 Å². The lowest BCUT2D eigenvalue weighted by molar-refractivity contribution is -0.384. The standard InChI is InChI=1S/C30H24N2O7/c1-14-10-16(6-9-23(14)33)25-19-7-8-20-26(21(19)13-22-24(34)11-15(2)28(35)27(22)25)30(37)31(29(20)36)17-4-3-5-18(12-17)32(38)39/h3-7,9-12,20-21,25-26,33H,8,13H2,1-2H3. The van der Waals surface area contributed by atoms with Crippen LogP contribution in [-0.2, 0) is 19.2 Å². The number of benzene rings is 2. The highest BCUT2D eigenvalue weighted by Crippen LogP contribution is 2.55. The van der Waals surface area contributed by atoms with Crippen LogP contribution in [0.3, 0.4) is 0 Å². The molecule has 39 heavy (non-hydrogen) atoms. The molecule has 2 aromatic carbocycles. The molecule has 1 fully saturated rings. The molecule has 1 N–H and O–H groups in total. The van der Waals surface area contributed by atoms with E-state index in [0.29, 0.717) is 22.3 Å². The van der Waals surface area contributed by atoms with Gasteiger partial charge in [0, 0.05) is 34.8 Å². The number of carbonyl (C=O) groups is 4. The second-order valence-electron chi connectivity index (χ2n) is 10.6. The van der Waals surface area contributed by atoms with Gasteiger partial charge in [0.25, 0.3) is 5.69 Å². The maximum Gasteiger partial charge on any atom is 0.271 e. The molecular formula is C30H24N2O7. The number of ketones is 2. The number of aryl methyl sites for hydroxylation is 1. The van der Waals surface area contributed by atoms with Crippen LogP contribution in [0.5, 0.6) is 5.75 Å². The molecule has 2 amide bonds. The number of fused-ring (bicyclic) bond motifs is 3. The number of rotatable bonds is 3. The molecule has 1 heterocycles. The topological polar surface area (TPSA) is 135 Å². The van der Waals surface area contributed by atoms with E-state index in [1.807, 2.05) is 6.08 Å². The van der Waals surface area contributed by atoms with Crippen LogP contribution in [-0.4, -0.2) is 33.4 Å². The van der Waals surface area contributed by atoms with Crippen molar-refractivity contribution in [3.05, 3.63) is 98.2 Å². The van der Waals surface area contributed by atoms with Crippen LogP contribution in [0.2, 0.25) is 0 Å². The fraction of sp³-hybridized carbons (Fsp3) is 0.267. The number of amides is 2. The van der Waals surface area contributed by atoms with Crippen molar-refractivity contribution in [3.63, 3.8) is 0 Å². The fourth-order valence-electron chi connectivity index (χ4n) is 6.60. The molecular weight excluding hydrogens is 500 g/mol. The zero-order chi connectivity index (χ0) is 27.7. The van der Waals surface area contributed by atoms with Crippen LogP contribution in [0.1, 0.15) is 36.8 Å². The summed E-state index contributed by atoms with van der Waals surface area (Å²) in [6.45, 7) is 3.35. The minimum absolute atomic E-state index is 0.101. The number of allylic oxidation sites excluding steroid dienone is 6. The van der Waals surface area contributed by atoms with Gasteiger partial charge < -0.3 is 5.11 Å². The normalized spacial score (nSPS) is 26.2. The number of imide groups is 1. The Morgan fingerprint density at radius 2 is 1.77 bits per heavy atom. The van der Waals surface area contributed by atoms with Crippen LogP contribution < -0.4 is 4.90 Å². The van der Waals surface area contributed by atoms with E-state index in [0.717, 1.165) is 16.0 Å². The van der Waals surface area contributed by atoms with Crippen molar-refractivity contribution >= 4 is 34.8 Å². The van der Waals surface area contributed by atoms with Gasteiger partial charge in [-0.25, -0.2) is 4.90 Å². The van der Waals surface area contributed by atoms with Crippen molar-refractivity contribution in [1.82, 2.24) is 0 Å². The van der Waals surface area contributed by atoms with Crippen LogP contribution in [0.25, 0.3) is 0 Å². The first kappa shape index (κ1) is 24.7. The molecule has 1 aliphatic heterocycles. The lowest BCUT2D eigenvalue weighted by Crippen LogP contribution is -2.39. The Bertz CT molecular complexity index is 1630. The van der Waals surface area contributed by atoms with E-state index >= 15 is 0 Å². The highest BCUT2D eigenvalue weighted by molar-refractivity contribution is 6.25. The van der Waals surface area contributed by atoms with Gasteiger partial charge in [-0.3, -0.25) is 29.3 Å². The van der Waals surface area contributed by atoms with Crippen LogP contribution >= 0.6 is 0 Å². The number of carbonyl (C=O) groups excluding carboxylic acids is 4. The number of nitro benzene ring substituents is 1. The van der Waals surface area contributed by atoms with Crippen molar-refractivity contribution in [2.75, 3.05) is 4.90 Å². The number of Topliss-reactive ketones (excluding diaryl/α,β-unsaturated/α-hetero) is 1. The molecule has 1 saturated heterocycles. The highest BCUT2D eigenvalue weighted by atomic mass is 16.6. The number of anilines is 1. The summed E-state index contributed by atoms with van der Waals surface area (Å²) in [5, 5.41) is 21.5. The van der Waals surface area contributed by atoms with Crippen molar-refractivity contribution in [2.24, 2.45) is 17.8 Å². The molecule has 0 aromatic heterocycles. The van der Waals surface area contributed by atoms with Crippen molar-refractivity contribution < 1.29 is 29.2 Å². The van der Waals surface area contributed by atoms with Crippen LogP contribution in [0, 0.1) is 34.8 Å². The summed E-state index contributed by atoms with van der Waals surface area (Å²) < 4.78 is 0. The van der Waals surface area contributed by atoms with Gasteiger partial charge in [-0.1, -0.05) is 29.8 Å². The smallest absolute Gasteiger partial charge is 0.271 e. The molecule has 2 aromatic rings. The molecule has 9 heteroatoms. The molecule has 0 saturated carbocycles. The Morgan fingerprint density at radius 3 is 2.49 bits per heavy atom. The number of phenolic OH excluding ortho intramolecular Hbond substituents is 1. The van der Waals surface area contributed by atoms with E-state index in [2.05, 4.69) is 0 Å². The molecule has 3 aliphatic carbocycles. The van der Waals surface area contributed by atoms with E-state index in [1.54, 1.807) is 32.0 Å². The zero-order valence-electron chi connectivity index (χ0n) is 21.2. The fourth-order valence-corrected chi connectivity index (χ4v) is 6.60. The first-order valence-electron chi connectivity index (χ1n) is 12.7. The average Bonchev–Trinajstić information content (AvgIpc) is 3.17. The number of nitro groups is 1. The van der Waals surface area contributed by atoms with E-state index in [-0.39, 0.29) is 41.5 Å². The number of nitrogens with zero attached hydrogens (tertiary/aromatic N) is 2. The van der Waals surface area contributed by atoms with Gasteiger partial charge in [0.15, 0.2) is 11.6 Å². The minimum atomic E-state index is -0.776. The number of aromatic hydroxyl groups is 1. The molecule has 0 spiro atoms. The molecule has 6 rings (SSSR count). The van der Waals surface area contributed by atoms with Gasteiger partial charge in [0.1, 0.15) is 5.75 Å². The monoisotopic (exact) mass is 524 g/mol. The van der Waals surface area contributed by atoms with Gasteiger partial charge in [0.05, 0.1) is 22.4 Å². The van der Waals surface area contributed by atoms with Gasteiger partial charge in [-0.05, 0) is 61.9 Å². The molecule has 9 nitrogen and oxygen atoms in total. The van der Waals surface area contributed by atoms with E-state index in [4.69, 9.17) is 0 Å². The van der Waals surface area contributed by atoms with Crippen molar-refractivity contribution in [1.29, 1.82) is 0 Å². The molecule has 4 unspecified atom stereocenters. The van der Waals surface area contributed by atoms with Crippen LogP contribution in [0.4, 0.5) is 11.4 Å². The van der Waals surface area contributed by atoms with E-state index in [9.17, 15) is 34.4 Å². The van der Waals surface area contributed by atoms with E-state index < -0.39 is 40.4 Å². The SMILES string of the molecule is CC1=CC(=O)C2=C(C1=O)C(c1ccc(O)c(C)c1)C1=CCC3C(=O)N(c4cccc([N+](=O)[O-])c4)C(=O)C3C1C2. The molecule has 196 valence electrons. The van der Waals surface area contributed by atoms with Gasteiger partial charge in [-0.2, -0.15) is 0 Å². The molecule has 4 aliphatic rings. The maximum absolute atomic E-state index is 13.9. The van der Waals surface area contributed by atoms with Crippen LogP contribution in [0.15, 0.2) is 76.9 Å². The minimum Gasteiger partial charge on any atom is -0.508 e. The Kier molecular flexibility index (Phi) is 5.50. The predicted octanol–water partition coefficient (Wildman–Crippen LogP) is 4.24. The maximum atomic E-state index is 13.9. The summed E-state index contributed by atoms with van der Waals surface area (Å²) in [7, 11) is 0. The number of hydrogen-bond donors (Lipinski definition) is 1. The number of non-ortho nitro benzene ring substituents is 1. The van der Waals surface area contributed by atoms with Gasteiger partial charge >= 0.3 is 0 Å². The largest absolute Gasteiger partial charge is 0.508 e. The molecule has 0 bridgehead atoms. The Balaban J connectivity index is 1.48. The quantitative estimate of drug-likeness (QED) is 0.209. The zero-order valence-corrected chi connectivity index (χ0v) is 21.2. The number of phenols is 1. The van der Waals surface area contributed by atoms with E-state index in [1.165, 1.54) is 30.3 Å². The summed E-state index contributed by atoms with van der Waals surface area (Å²) >= 11 is 0. The third-order valence-corrected chi connectivity index (χ3v) is 8.42. The second-order valence-corrected chi connectivity index (χ2v) is 10.6. The summed E-state index contributed by atoms with van der Waals surface area (Å²) in [6.07, 6.45) is 3.65. The van der Waals surface area contributed by atoms with Crippen molar-refractivity contribution in [3.8, 4) is 5.75 Å². The second kappa shape index (κ2) is 8.69. The predicted molar refractivity (Wildman–Crippen MR) is 140 cm³/mol. The summed E-state index contributed by atoms with van der Waals surface area (Å²) in [5.41, 5.74) is 3.11. The summed E-state index contributed by atoms with van der Waals surface area (Å²) in [4.78, 5) is 65.8. The first-order valence-corrected chi connectivity index (χ1v) is 12.7. The van der Waals surface area contributed by atoms with Gasteiger partial charge in [0.2, 0.25) is 11.8 Å². The Labute approximate surface area is 223 Å². The summed E-state index contributed by atoms with van der Waals surface area (Å²) in [5.74, 6) is -3.87. The lowest BCUT2D eigenvalue weighted by Gasteiger charge is -2.42. The highest BCUT2D eigenvalue weighted by Gasteiger charge is 2.56. The number of hydrogen-bond acceptors (Lipinski definition) is 7. The van der Waals surface area contributed by atoms with Crippen molar-refractivity contribution in [2.45, 2.75) is 32.6 Å². The third-order valence-electron chi connectivity index (χ3n) is 8.42. The molecule has 4 atom stereocenters. The molecule has 0 radical (unpaired) electrons. The Hall–Kier alpha value is -4.66. The average molecular weight is 525 g/mol. The Morgan fingerprint density at radius 1 is 1.00 bits per heavy atom. The lowest BCUT2D eigenvalue weighted by atomic mass is 9.59. The summed E-state index contributed by atoms with van der Waals surface area (Å²) in [6, 6.07) is 10.5.